The number of aromatic hydroxyl groups is 1. The average molecular weight is 289 g/mol. The number of aromatic nitrogens is 1. The Hall–Kier alpha value is -1.55. The number of thiazole rings is 1. The van der Waals surface area contributed by atoms with E-state index >= 15 is 0 Å². The molecular formula is C16H19NO2S. The van der Waals surface area contributed by atoms with Gasteiger partial charge in [0.25, 0.3) is 0 Å². The number of phenols is 1. The fourth-order valence-corrected chi connectivity index (χ4v) is 3.47. The van der Waals surface area contributed by atoms with Gasteiger partial charge in [-0.1, -0.05) is 13.8 Å². The maximum absolute atomic E-state index is 10.2. The maximum Gasteiger partial charge on any atom is 0.127 e. The monoisotopic (exact) mass is 289 g/mol. The van der Waals surface area contributed by atoms with Gasteiger partial charge in [0.05, 0.1) is 0 Å². The van der Waals surface area contributed by atoms with Gasteiger partial charge in [-0.25, -0.2) is 4.98 Å². The fraction of sp³-hybridized carbons (Fsp3) is 0.438. The van der Waals surface area contributed by atoms with Crippen molar-refractivity contribution in [3.63, 3.8) is 0 Å². The van der Waals surface area contributed by atoms with Gasteiger partial charge in [0.2, 0.25) is 0 Å². The average Bonchev–Trinajstić information content (AvgIpc) is 3.00. The first-order chi connectivity index (χ1) is 9.67. The Morgan fingerprint density at radius 2 is 2.15 bits per heavy atom. The zero-order valence-corrected chi connectivity index (χ0v) is 12.7. The second kappa shape index (κ2) is 5.09. The predicted molar refractivity (Wildman–Crippen MR) is 81.5 cm³/mol. The number of hydrogen-bond donors (Lipinski definition) is 1. The van der Waals surface area contributed by atoms with Crippen LogP contribution in [0.3, 0.4) is 0 Å². The predicted octanol–water partition coefficient (Wildman–Crippen LogP) is 4.40. The van der Waals surface area contributed by atoms with E-state index < -0.39 is 0 Å². The zero-order valence-electron chi connectivity index (χ0n) is 11.8. The number of benzene rings is 1. The minimum Gasteiger partial charge on any atom is -0.508 e. The third kappa shape index (κ3) is 2.18. The third-order valence-corrected chi connectivity index (χ3v) is 5.13. The molecule has 3 nitrogen and oxygen atoms in total. The van der Waals surface area contributed by atoms with E-state index in [4.69, 9.17) is 4.74 Å². The Bertz CT molecular complexity index is 603. The van der Waals surface area contributed by atoms with Crippen molar-refractivity contribution in [1.29, 1.82) is 0 Å². The molecule has 0 spiro atoms. The molecule has 1 aromatic carbocycles. The highest BCUT2D eigenvalue weighted by Crippen LogP contribution is 2.43. The topological polar surface area (TPSA) is 42.4 Å². The van der Waals surface area contributed by atoms with Crippen LogP contribution in [-0.2, 0) is 6.42 Å². The summed E-state index contributed by atoms with van der Waals surface area (Å²) >= 11 is 1.57. The van der Waals surface area contributed by atoms with Crippen LogP contribution < -0.4 is 4.74 Å². The van der Waals surface area contributed by atoms with E-state index in [-0.39, 0.29) is 5.60 Å². The zero-order chi connectivity index (χ0) is 14.2. The van der Waals surface area contributed by atoms with Crippen molar-refractivity contribution in [2.24, 2.45) is 0 Å². The van der Waals surface area contributed by atoms with E-state index in [2.05, 4.69) is 18.8 Å². The first kappa shape index (κ1) is 13.4. The number of phenolic OH excluding ortho intramolecular Hbond substituents is 1. The van der Waals surface area contributed by atoms with Crippen LogP contribution in [0.1, 0.15) is 38.7 Å². The van der Waals surface area contributed by atoms with E-state index in [9.17, 15) is 5.11 Å². The number of nitrogens with zero attached hydrogens (tertiary/aromatic N) is 1. The van der Waals surface area contributed by atoms with E-state index in [1.165, 1.54) is 0 Å². The summed E-state index contributed by atoms with van der Waals surface area (Å²) in [5, 5.41) is 13.1. The van der Waals surface area contributed by atoms with Crippen LogP contribution in [0.5, 0.6) is 11.5 Å². The Labute approximate surface area is 123 Å². The number of rotatable bonds is 3. The molecular weight excluding hydrogens is 270 g/mol. The number of ether oxygens (including phenoxy) is 1. The van der Waals surface area contributed by atoms with Crippen LogP contribution in [0.2, 0.25) is 0 Å². The van der Waals surface area contributed by atoms with Crippen LogP contribution >= 0.6 is 11.3 Å². The van der Waals surface area contributed by atoms with Gasteiger partial charge in [0.15, 0.2) is 0 Å². The van der Waals surface area contributed by atoms with Crippen molar-refractivity contribution in [3.8, 4) is 22.1 Å². The highest BCUT2D eigenvalue weighted by molar-refractivity contribution is 7.13. The molecule has 106 valence electrons. The molecule has 0 saturated heterocycles. The van der Waals surface area contributed by atoms with E-state index in [1.807, 2.05) is 11.4 Å². The molecule has 4 heteroatoms. The van der Waals surface area contributed by atoms with Crippen LogP contribution in [0.4, 0.5) is 0 Å². The summed E-state index contributed by atoms with van der Waals surface area (Å²) in [5.74, 6) is 1.15. The molecule has 0 amide bonds. The van der Waals surface area contributed by atoms with Crippen molar-refractivity contribution in [1.82, 2.24) is 4.98 Å². The molecule has 0 saturated carbocycles. The molecule has 1 aliphatic heterocycles. The summed E-state index contributed by atoms with van der Waals surface area (Å²) in [4.78, 5) is 4.31. The van der Waals surface area contributed by atoms with Gasteiger partial charge >= 0.3 is 0 Å². The summed E-state index contributed by atoms with van der Waals surface area (Å²) in [6.45, 7) is 4.33. The Morgan fingerprint density at radius 3 is 2.80 bits per heavy atom. The third-order valence-electron chi connectivity index (χ3n) is 4.31. The lowest BCUT2D eigenvalue weighted by Crippen LogP contribution is -2.38. The van der Waals surface area contributed by atoms with Crippen LogP contribution in [-0.4, -0.2) is 15.7 Å². The first-order valence-electron chi connectivity index (χ1n) is 7.12. The largest absolute Gasteiger partial charge is 0.508 e. The van der Waals surface area contributed by atoms with Gasteiger partial charge in [0.1, 0.15) is 22.1 Å². The lowest BCUT2D eigenvalue weighted by molar-refractivity contribution is 0.0377. The van der Waals surface area contributed by atoms with Gasteiger partial charge < -0.3 is 9.84 Å². The molecule has 0 atom stereocenters. The van der Waals surface area contributed by atoms with Crippen molar-refractivity contribution < 1.29 is 9.84 Å². The van der Waals surface area contributed by atoms with E-state index in [1.54, 1.807) is 23.6 Å². The van der Waals surface area contributed by atoms with Crippen LogP contribution in [0.25, 0.3) is 10.6 Å². The minimum atomic E-state index is -0.0824. The summed E-state index contributed by atoms with van der Waals surface area (Å²) in [7, 11) is 0. The minimum absolute atomic E-state index is 0.0824. The molecule has 1 aliphatic rings. The molecule has 0 fully saturated rings. The molecule has 2 aromatic rings. The van der Waals surface area contributed by atoms with Crippen molar-refractivity contribution in [2.75, 3.05) is 0 Å². The summed E-state index contributed by atoms with van der Waals surface area (Å²) < 4.78 is 6.25. The van der Waals surface area contributed by atoms with Gasteiger partial charge in [-0.15, -0.1) is 11.3 Å². The normalized spacial score (nSPS) is 16.5. The van der Waals surface area contributed by atoms with Gasteiger partial charge in [0, 0.05) is 22.7 Å². The molecule has 20 heavy (non-hydrogen) atoms. The smallest absolute Gasteiger partial charge is 0.127 e. The lowest BCUT2D eigenvalue weighted by Gasteiger charge is -2.38. The highest BCUT2D eigenvalue weighted by atomic mass is 32.1. The number of hydrogen-bond acceptors (Lipinski definition) is 4. The molecule has 1 N–H and O–H groups in total. The van der Waals surface area contributed by atoms with Crippen LogP contribution in [0.15, 0.2) is 23.7 Å². The lowest BCUT2D eigenvalue weighted by atomic mass is 9.86. The Kier molecular flexibility index (Phi) is 3.42. The second-order valence-corrected chi connectivity index (χ2v) is 6.20. The van der Waals surface area contributed by atoms with Crippen molar-refractivity contribution in [2.45, 2.75) is 45.1 Å². The SMILES string of the molecule is CCC1(CC)CCc2c(O)cc(-c3nccs3)cc2O1. The van der Waals surface area contributed by atoms with E-state index in [0.717, 1.165) is 47.6 Å². The summed E-state index contributed by atoms with van der Waals surface area (Å²) in [6, 6.07) is 3.82. The quantitative estimate of drug-likeness (QED) is 0.910. The van der Waals surface area contributed by atoms with Crippen molar-refractivity contribution in [3.05, 3.63) is 29.3 Å². The van der Waals surface area contributed by atoms with Crippen molar-refractivity contribution >= 4 is 11.3 Å². The Morgan fingerprint density at radius 1 is 1.35 bits per heavy atom. The molecule has 3 rings (SSSR count). The molecule has 1 aromatic heterocycles. The summed E-state index contributed by atoms with van der Waals surface area (Å²) in [6.07, 6.45) is 5.61. The Balaban J connectivity index is 2.04. The van der Waals surface area contributed by atoms with Gasteiger partial charge in [-0.2, -0.15) is 0 Å². The highest BCUT2D eigenvalue weighted by Gasteiger charge is 2.34. The maximum atomic E-state index is 10.2. The summed E-state index contributed by atoms with van der Waals surface area (Å²) in [5.41, 5.74) is 1.78. The fourth-order valence-electron chi connectivity index (χ4n) is 2.85. The van der Waals surface area contributed by atoms with Crippen LogP contribution in [0, 0.1) is 0 Å². The second-order valence-electron chi connectivity index (χ2n) is 5.30. The molecule has 0 radical (unpaired) electrons. The first-order valence-corrected chi connectivity index (χ1v) is 8.00. The van der Waals surface area contributed by atoms with Gasteiger partial charge in [-0.05, 0) is 37.8 Å². The molecule has 0 bridgehead atoms. The van der Waals surface area contributed by atoms with E-state index in [0.29, 0.717) is 5.75 Å². The number of fused-ring (bicyclic) bond motifs is 1. The molecule has 2 heterocycles. The van der Waals surface area contributed by atoms with Gasteiger partial charge in [-0.3, -0.25) is 0 Å². The molecule has 0 aliphatic carbocycles. The molecule has 0 unspecified atom stereocenters. The standard InChI is InChI=1S/C16H19NO2S/c1-3-16(4-2)6-5-12-13(18)9-11(10-14(12)19-16)15-17-7-8-20-15/h7-10,18H,3-6H2,1-2H3.